The van der Waals surface area contributed by atoms with Crippen LogP contribution in [0.5, 0.6) is 0 Å². The molecular weight excluding hydrogens is 304 g/mol. The number of piperidine rings is 1. The fraction of sp³-hybridized carbons (Fsp3) is 0.421. The molecule has 0 aliphatic carbocycles. The molecule has 5 nitrogen and oxygen atoms in total. The SMILES string of the molecule is CCOC(=O)C1CCN(C(=O)c2c(C)ncc3ccccc23)CC1. The largest absolute Gasteiger partial charge is 0.466 e. The van der Waals surface area contributed by atoms with Gasteiger partial charge in [-0.3, -0.25) is 14.6 Å². The summed E-state index contributed by atoms with van der Waals surface area (Å²) in [7, 11) is 0. The first-order valence-corrected chi connectivity index (χ1v) is 8.42. The van der Waals surface area contributed by atoms with Crippen molar-refractivity contribution in [2.75, 3.05) is 19.7 Å². The number of hydrogen-bond acceptors (Lipinski definition) is 4. The van der Waals surface area contributed by atoms with Crippen LogP contribution in [0.1, 0.15) is 35.8 Å². The van der Waals surface area contributed by atoms with Gasteiger partial charge in [0, 0.05) is 24.7 Å². The normalized spacial score (nSPS) is 15.5. The minimum absolute atomic E-state index is 0.000825. The summed E-state index contributed by atoms with van der Waals surface area (Å²) in [5.74, 6) is -0.243. The molecule has 3 rings (SSSR count). The fourth-order valence-corrected chi connectivity index (χ4v) is 3.27. The Labute approximate surface area is 141 Å². The van der Waals surface area contributed by atoms with Crippen molar-refractivity contribution in [1.29, 1.82) is 0 Å². The lowest BCUT2D eigenvalue weighted by Crippen LogP contribution is -2.41. The van der Waals surface area contributed by atoms with Gasteiger partial charge in [-0.15, -0.1) is 0 Å². The topological polar surface area (TPSA) is 59.5 Å². The molecule has 1 aromatic carbocycles. The molecule has 0 N–H and O–H groups in total. The highest BCUT2D eigenvalue weighted by molar-refractivity contribution is 6.07. The monoisotopic (exact) mass is 326 g/mol. The molecular formula is C19H22N2O3. The van der Waals surface area contributed by atoms with Gasteiger partial charge >= 0.3 is 5.97 Å². The lowest BCUT2D eigenvalue weighted by Gasteiger charge is -2.31. The van der Waals surface area contributed by atoms with Gasteiger partial charge in [-0.1, -0.05) is 24.3 Å². The summed E-state index contributed by atoms with van der Waals surface area (Å²) >= 11 is 0. The molecule has 0 bridgehead atoms. The van der Waals surface area contributed by atoms with Crippen molar-refractivity contribution in [1.82, 2.24) is 9.88 Å². The smallest absolute Gasteiger partial charge is 0.309 e. The van der Waals surface area contributed by atoms with E-state index < -0.39 is 0 Å². The molecule has 1 saturated heterocycles. The Bertz CT molecular complexity index is 764. The summed E-state index contributed by atoms with van der Waals surface area (Å²) in [5.41, 5.74) is 1.41. The molecule has 1 aromatic heterocycles. The third-order valence-corrected chi connectivity index (χ3v) is 4.61. The summed E-state index contributed by atoms with van der Waals surface area (Å²) in [6, 6.07) is 7.80. The standard InChI is InChI=1S/C19H22N2O3/c1-3-24-19(23)14-8-10-21(11-9-14)18(22)17-13(2)20-12-15-6-4-5-7-16(15)17/h4-7,12,14H,3,8-11H2,1-2H3. The first-order valence-electron chi connectivity index (χ1n) is 8.42. The van der Waals surface area contributed by atoms with Crippen molar-refractivity contribution in [3.8, 4) is 0 Å². The van der Waals surface area contributed by atoms with E-state index in [0.29, 0.717) is 38.1 Å². The number of carbonyl (C=O) groups is 2. The Kier molecular flexibility index (Phi) is 4.79. The van der Waals surface area contributed by atoms with Gasteiger partial charge in [-0.05, 0) is 32.1 Å². The molecule has 0 radical (unpaired) electrons. The molecule has 24 heavy (non-hydrogen) atoms. The van der Waals surface area contributed by atoms with Gasteiger partial charge in [-0.2, -0.15) is 0 Å². The predicted molar refractivity (Wildman–Crippen MR) is 91.7 cm³/mol. The Hall–Kier alpha value is -2.43. The molecule has 2 aromatic rings. The number of rotatable bonds is 3. The molecule has 1 aliphatic heterocycles. The van der Waals surface area contributed by atoms with E-state index in [1.165, 1.54) is 0 Å². The number of aryl methyl sites for hydroxylation is 1. The van der Waals surface area contributed by atoms with Crippen LogP contribution in [-0.4, -0.2) is 41.5 Å². The Balaban J connectivity index is 1.79. The van der Waals surface area contributed by atoms with Crippen molar-refractivity contribution >= 4 is 22.6 Å². The van der Waals surface area contributed by atoms with Gasteiger partial charge in [-0.25, -0.2) is 0 Å². The van der Waals surface area contributed by atoms with Crippen LogP contribution >= 0.6 is 0 Å². The first-order chi connectivity index (χ1) is 11.6. The molecule has 0 atom stereocenters. The lowest BCUT2D eigenvalue weighted by atomic mass is 9.95. The van der Waals surface area contributed by atoms with Crippen molar-refractivity contribution in [3.05, 3.63) is 41.7 Å². The van der Waals surface area contributed by atoms with E-state index >= 15 is 0 Å². The van der Waals surface area contributed by atoms with E-state index in [4.69, 9.17) is 4.74 Å². The van der Waals surface area contributed by atoms with E-state index in [1.807, 2.05) is 43.0 Å². The predicted octanol–water partition coefficient (Wildman–Crippen LogP) is 2.96. The van der Waals surface area contributed by atoms with Crippen LogP contribution in [0.2, 0.25) is 0 Å². The third kappa shape index (κ3) is 3.11. The van der Waals surface area contributed by atoms with Crippen LogP contribution in [-0.2, 0) is 9.53 Å². The molecule has 1 fully saturated rings. The van der Waals surface area contributed by atoms with Crippen LogP contribution in [0.15, 0.2) is 30.5 Å². The van der Waals surface area contributed by atoms with Gasteiger partial charge in [0.25, 0.3) is 5.91 Å². The summed E-state index contributed by atoms with van der Waals surface area (Å²) in [6.07, 6.45) is 3.11. The highest BCUT2D eigenvalue weighted by Gasteiger charge is 2.29. The number of amides is 1. The highest BCUT2D eigenvalue weighted by Crippen LogP contribution is 2.25. The Morgan fingerprint density at radius 2 is 1.96 bits per heavy atom. The number of benzene rings is 1. The number of likely N-dealkylation sites (tertiary alicyclic amines) is 1. The van der Waals surface area contributed by atoms with Gasteiger partial charge < -0.3 is 9.64 Å². The van der Waals surface area contributed by atoms with E-state index in [0.717, 1.165) is 16.5 Å². The minimum atomic E-state index is -0.146. The number of carbonyl (C=O) groups excluding carboxylic acids is 2. The molecule has 0 unspecified atom stereocenters. The molecule has 126 valence electrons. The van der Waals surface area contributed by atoms with Crippen molar-refractivity contribution in [2.24, 2.45) is 5.92 Å². The first kappa shape index (κ1) is 16.4. The van der Waals surface area contributed by atoms with Crippen LogP contribution in [0.4, 0.5) is 0 Å². The number of pyridine rings is 1. The number of aromatic nitrogens is 1. The molecule has 1 aliphatic rings. The lowest BCUT2D eigenvalue weighted by molar-refractivity contribution is -0.149. The number of fused-ring (bicyclic) bond motifs is 1. The fourth-order valence-electron chi connectivity index (χ4n) is 3.27. The maximum Gasteiger partial charge on any atom is 0.309 e. The number of ether oxygens (including phenoxy) is 1. The Morgan fingerprint density at radius 1 is 1.25 bits per heavy atom. The summed E-state index contributed by atoms with van der Waals surface area (Å²) in [6.45, 7) is 5.23. The van der Waals surface area contributed by atoms with Gasteiger partial charge in [0.15, 0.2) is 0 Å². The molecule has 2 heterocycles. The van der Waals surface area contributed by atoms with Crippen molar-refractivity contribution in [3.63, 3.8) is 0 Å². The quantitative estimate of drug-likeness (QED) is 0.814. The van der Waals surface area contributed by atoms with Crippen LogP contribution in [0.25, 0.3) is 10.8 Å². The summed E-state index contributed by atoms with van der Waals surface area (Å²) in [5, 5.41) is 1.90. The van der Waals surface area contributed by atoms with E-state index in [1.54, 1.807) is 6.20 Å². The third-order valence-electron chi connectivity index (χ3n) is 4.61. The van der Waals surface area contributed by atoms with Gasteiger partial charge in [0.2, 0.25) is 0 Å². The van der Waals surface area contributed by atoms with Gasteiger partial charge in [0.05, 0.1) is 23.8 Å². The highest BCUT2D eigenvalue weighted by atomic mass is 16.5. The second kappa shape index (κ2) is 6.99. The van der Waals surface area contributed by atoms with E-state index in [-0.39, 0.29) is 17.8 Å². The van der Waals surface area contributed by atoms with E-state index in [9.17, 15) is 9.59 Å². The number of hydrogen-bond donors (Lipinski definition) is 0. The molecule has 0 spiro atoms. The zero-order chi connectivity index (χ0) is 17.1. The van der Waals surface area contributed by atoms with Crippen LogP contribution in [0, 0.1) is 12.8 Å². The molecule has 1 amide bonds. The average molecular weight is 326 g/mol. The maximum atomic E-state index is 13.0. The van der Waals surface area contributed by atoms with Gasteiger partial charge in [0.1, 0.15) is 0 Å². The number of esters is 1. The second-order valence-electron chi connectivity index (χ2n) is 6.12. The molecule has 5 heteroatoms. The van der Waals surface area contributed by atoms with Crippen molar-refractivity contribution in [2.45, 2.75) is 26.7 Å². The van der Waals surface area contributed by atoms with E-state index in [2.05, 4.69) is 4.98 Å². The zero-order valence-corrected chi connectivity index (χ0v) is 14.1. The summed E-state index contributed by atoms with van der Waals surface area (Å²) < 4.78 is 5.09. The average Bonchev–Trinajstić information content (AvgIpc) is 2.61. The number of nitrogens with zero attached hydrogens (tertiary/aromatic N) is 2. The van der Waals surface area contributed by atoms with Crippen LogP contribution < -0.4 is 0 Å². The molecule has 0 saturated carbocycles. The van der Waals surface area contributed by atoms with Crippen LogP contribution in [0.3, 0.4) is 0 Å². The maximum absolute atomic E-state index is 13.0. The Morgan fingerprint density at radius 3 is 2.67 bits per heavy atom. The zero-order valence-electron chi connectivity index (χ0n) is 14.1. The summed E-state index contributed by atoms with van der Waals surface area (Å²) in [4.78, 5) is 31.0. The minimum Gasteiger partial charge on any atom is -0.466 e. The second-order valence-corrected chi connectivity index (χ2v) is 6.12. The van der Waals surface area contributed by atoms with Crippen molar-refractivity contribution < 1.29 is 14.3 Å².